The monoisotopic (exact) mass is 323 g/mol. The molecule has 0 heterocycles. The molecule has 3 nitrogen and oxygen atoms in total. The van der Waals surface area contributed by atoms with Gasteiger partial charge in [-0.2, -0.15) is 0 Å². The van der Waals surface area contributed by atoms with Crippen LogP contribution in [-0.2, 0) is 17.6 Å². The molecule has 0 saturated carbocycles. The molecule has 2 N–H and O–H groups in total. The molecular formula is C17H16F3NO2. The van der Waals surface area contributed by atoms with Crippen LogP contribution in [0.4, 0.5) is 13.2 Å². The second-order valence-corrected chi connectivity index (χ2v) is 5.17. The third-order valence-corrected chi connectivity index (χ3v) is 3.35. The molecule has 0 aliphatic carbocycles. The van der Waals surface area contributed by atoms with E-state index in [1.807, 2.05) is 30.3 Å². The molecule has 23 heavy (non-hydrogen) atoms. The Morgan fingerprint density at radius 2 is 1.70 bits per heavy atom. The second-order valence-electron chi connectivity index (χ2n) is 5.17. The molecule has 2 aromatic carbocycles. The molecule has 0 saturated heterocycles. The molecule has 0 spiro atoms. The summed E-state index contributed by atoms with van der Waals surface area (Å²) in [6.07, 6.45) is -0.0301. The van der Waals surface area contributed by atoms with Gasteiger partial charge in [-0.25, -0.2) is 13.2 Å². The molecule has 1 amide bonds. The lowest BCUT2D eigenvalue weighted by Gasteiger charge is -2.16. The quantitative estimate of drug-likeness (QED) is 0.802. The SMILES string of the molecule is O=C(Cc1cc(F)c(F)cc1F)NC(CO)Cc1ccccc1. The van der Waals surface area contributed by atoms with Crippen molar-refractivity contribution in [2.75, 3.05) is 6.61 Å². The predicted molar refractivity (Wildman–Crippen MR) is 79.2 cm³/mol. The fourth-order valence-electron chi connectivity index (χ4n) is 2.21. The van der Waals surface area contributed by atoms with E-state index in [4.69, 9.17) is 0 Å². The molecule has 0 aliphatic rings. The van der Waals surface area contributed by atoms with Crippen LogP contribution in [0.1, 0.15) is 11.1 Å². The van der Waals surface area contributed by atoms with E-state index in [1.54, 1.807) is 0 Å². The highest BCUT2D eigenvalue weighted by Crippen LogP contribution is 2.14. The van der Waals surface area contributed by atoms with E-state index >= 15 is 0 Å². The Balaban J connectivity index is 1.99. The maximum absolute atomic E-state index is 13.5. The largest absolute Gasteiger partial charge is 0.394 e. The van der Waals surface area contributed by atoms with Gasteiger partial charge >= 0.3 is 0 Å². The Kier molecular flexibility index (Phi) is 5.76. The van der Waals surface area contributed by atoms with Crippen molar-refractivity contribution < 1.29 is 23.1 Å². The number of nitrogens with one attached hydrogen (secondary N) is 1. The fourth-order valence-corrected chi connectivity index (χ4v) is 2.21. The summed E-state index contributed by atoms with van der Waals surface area (Å²) in [6.45, 7) is -0.291. The van der Waals surface area contributed by atoms with E-state index < -0.39 is 35.8 Å². The third kappa shape index (κ3) is 4.82. The smallest absolute Gasteiger partial charge is 0.224 e. The highest BCUT2D eigenvalue weighted by molar-refractivity contribution is 5.79. The van der Waals surface area contributed by atoms with Gasteiger partial charge in [-0.3, -0.25) is 4.79 Å². The van der Waals surface area contributed by atoms with Crippen molar-refractivity contribution in [2.24, 2.45) is 0 Å². The molecule has 1 unspecified atom stereocenters. The number of hydrogen-bond acceptors (Lipinski definition) is 2. The number of carbonyl (C=O) groups excluding carboxylic acids is 1. The molecule has 0 fully saturated rings. The number of aliphatic hydroxyl groups is 1. The molecule has 2 aromatic rings. The summed E-state index contributed by atoms with van der Waals surface area (Å²) in [6, 6.07) is 9.75. The summed E-state index contributed by atoms with van der Waals surface area (Å²) in [7, 11) is 0. The van der Waals surface area contributed by atoms with E-state index in [2.05, 4.69) is 5.32 Å². The van der Waals surface area contributed by atoms with Gasteiger partial charge in [-0.1, -0.05) is 30.3 Å². The predicted octanol–water partition coefficient (Wildman–Crippen LogP) is 2.37. The minimum Gasteiger partial charge on any atom is -0.394 e. The minimum absolute atomic E-state index is 0.238. The topological polar surface area (TPSA) is 49.3 Å². The number of carbonyl (C=O) groups is 1. The number of rotatable bonds is 6. The second kappa shape index (κ2) is 7.78. The van der Waals surface area contributed by atoms with E-state index in [0.29, 0.717) is 18.6 Å². The van der Waals surface area contributed by atoms with Gasteiger partial charge in [-0.15, -0.1) is 0 Å². The molecule has 0 radical (unpaired) electrons. The van der Waals surface area contributed by atoms with Gasteiger partial charge in [0.25, 0.3) is 0 Å². The minimum atomic E-state index is -1.30. The van der Waals surface area contributed by atoms with Crippen LogP contribution in [-0.4, -0.2) is 23.7 Å². The van der Waals surface area contributed by atoms with Crippen LogP contribution in [0.3, 0.4) is 0 Å². The Labute approximate surface area is 131 Å². The normalized spacial score (nSPS) is 12.0. The first-order valence-electron chi connectivity index (χ1n) is 7.07. The van der Waals surface area contributed by atoms with Crippen LogP contribution in [0, 0.1) is 17.5 Å². The van der Waals surface area contributed by atoms with Crippen LogP contribution in [0.25, 0.3) is 0 Å². The van der Waals surface area contributed by atoms with E-state index in [-0.39, 0.29) is 12.2 Å². The van der Waals surface area contributed by atoms with Gasteiger partial charge in [0, 0.05) is 11.6 Å². The Hall–Kier alpha value is -2.34. The van der Waals surface area contributed by atoms with Crippen molar-refractivity contribution in [1.82, 2.24) is 5.32 Å². The van der Waals surface area contributed by atoms with Crippen LogP contribution in [0.5, 0.6) is 0 Å². The van der Waals surface area contributed by atoms with Crippen LogP contribution in [0.2, 0.25) is 0 Å². The molecular weight excluding hydrogens is 307 g/mol. The average Bonchev–Trinajstić information content (AvgIpc) is 2.53. The fraction of sp³-hybridized carbons (Fsp3) is 0.235. The molecule has 122 valence electrons. The number of halogens is 3. The van der Waals surface area contributed by atoms with E-state index in [1.165, 1.54) is 0 Å². The van der Waals surface area contributed by atoms with Crippen molar-refractivity contribution >= 4 is 5.91 Å². The Morgan fingerprint density at radius 3 is 2.35 bits per heavy atom. The number of aliphatic hydroxyl groups excluding tert-OH is 1. The molecule has 0 aromatic heterocycles. The summed E-state index contributed by atoms with van der Waals surface area (Å²) in [5.74, 6) is -4.08. The molecule has 0 bridgehead atoms. The van der Waals surface area contributed by atoms with Crippen LogP contribution >= 0.6 is 0 Å². The standard InChI is InChI=1S/C17H16F3NO2/c18-14-9-16(20)15(19)7-12(14)8-17(23)21-13(10-22)6-11-4-2-1-3-5-11/h1-5,7,9,13,22H,6,8,10H2,(H,21,23). The first-order chi connectivity index (χ1) is 11.0. The summed E-state index contributed by atoms with van der Waals surface area (Å²) in [5.41, 5.74) is 0.684. The van der Waals surface area contributed by atoms with Crippen LogP contribution in [0.15, 0.2) is 42.5 Å². The lowest BCUT2D eigenvalue weighted by Crippen LogP contribution is -2.40. The number of hydrogen-bond donors (Lipinski definition) is 2. The van der Waals surface area contributed by atoms with Crippen molar-refractivity contribution in [1.29, 1.82) is 0 Å². The molecule has 6 heteroatoms. The van der Waals surface area contributed by atoms with E-state index in [9.17, 15) is 23.1 Å². The highest BCUT2D eigenvalue weighted by atomic mass is 19.2. The summed E-state index contributed by atoms with van der Waals surface area (Å²) >= 11 is 0. The maximum Gasteiger partial charge on any atom is 0.224 e. The van der Waals surface area contributed by atoms with E-state index in [0.717, 1.165) is 5.56 Å². The van der Waals surface area contributed by atoms with Gasteiger partial charge in [0.05, 0.1) is 19.1 Å². The zero-order valence-electron chi connectivity index (χ0n) is 12.2. The van der Waals surface area contributed by atoms with Crippen molar-refractivity contribution in [3.8, 4) is 0 Å². The first kappa shape index (κ1) is 17.0. The number of benzene rings is 2. The van der Waals surface area contributed by atoms with Gasteiger partial charge in [0.15, 0.2) is 11.6 Å². The van der Waals surface area contributed by atoms with Crippen molar-refractivity contribution in [2.45, 2.75) is 18.9 Å². The molecule has 0 aliphatic heterocycles. The molecule has 1 atom stereocenters. The maximum atomic E-state index is 13.5. The first-order valence-corrected chi connectivity index (χ1v) is 7.07. The zero-order chi connectivity index (χ0) is 16.8. The van der Waals surface area contributed by atoms with Crippen molar-refractivity contribution in [3.05, 3.63) is 71.0 Å². The third-order valence-electron chi connectivity index (χ3n) is 3.35. The van der Waals surface area contributed by atoms with Gasteiger partial charge in [0.2, 0.25) is 5.91 Å². The molecule has 2 rings (SSSR count). The van der Waals surface area contributed by atoms with Gasteiger partial charge in [0.1, 0.15) is 5.82 Å². The summed E-state index contributed by atoms with van der Waals surface area (Å²) < 4.78 is 39.5. The number of amides is 1. The highest BCUT2D eigenvalue weighted by Gasteiger charge is 2.16. The zero-order valence-corrected chi connectivity index (χ0v) is 12.2. The Morgan fingerprint density at radius 1 is 1.04 bits per heavy atom. The summed E-state index contributed by atoms with van der Waals surface area (Å²) in [4.78, 5) is 11.9. The Bertz CT molecular complexity index is 677. The summed E-state index contributed by atoms with van der Waals surface area (Å²) in [5, 5.41) is 11.9. The lowest BCUT2D eigenvalue weighted by molar-refractivity contribution is -0.121. The van der Waals surface area contributed by atoms with Crippen molar-refractivity contribution in [3.63, 3.8) is 0 Å². The van der Waals surface area contributed by atoms with Crippen LogP contribution < -0.4 is 5.32 Å². The van der Waals surface area contributed by atoms with Gasteiger partial charge in [-0.05, 0) is 18.1 Å². The lowest BCUT2D eigenvalue weighted by atomic mass is 10.1. The average molecular weight is 323 g/mol. The van der Waals surface area contributed by atoms with Gasteiger partial charge < -0.3 is 10.4 Å².